The van der Waals surface area contributed by atoms with Gasteiger partial charge < -0.3 is 9.84 Å². The van der Waals surface area contributed by atoms with Crippen molar-refractivity contribution in [3.63, 3.8) is 0 Å². The van der Waals surface area contributed by atoms with Crippen LogP contribution in [-0.2, 0) is 11.2 Å². The highest BCUT2D eigenvalue weighted by molar-refractivity contribution is 5.74. The summed E-state index contributed by atoms with van der Waals surface area (Å²) < 4.78 is 5.15. The van der Waals surface area contributed by atoms with E-state index in [-0.39, 0.29) is 0 Å². The Bertz CT molecular complexity index is 392. The maximum Gasteiger partial charge on any atom is 0.309 e. The third-order valence-electron chi connectivity index (χ3n) is 2.94. The molecule has 4 heteroatoms. The van der Waals surface area contributed by atoms with Gasteiger partial charge in [-0.05, 0) is 25.8 Å². The van der Waals surface area contributed by atoms with Gasteiger partial charge in [-0.15, -0.1) is 0 Å². The number of methoxy groups -OCH3 is 1. The maximum atomic E-state index is 11.4. The van der Waals surface area contributed by atoms with Crippen molar-refractivity contribution in [3.05, 3.63) is 23.9 Å². The van der Waals surface area contributed by atoms with Crippen molar-refractivity contribution in [2.75, 3.05) is 7.11 Å². The van der Waals surface area contributed by atoms with Gasteiger partial charge in [0.2, 0.25) is 5.88 Å². The summed E-state index contributed by atoms with van der Waals surface area (Å²) in [5, 5.41) is 9.33. The molecule has 0 amide bonds. The Morgan fingerprint density at radius 2 is 2.29 bits per heavy atom. The highest BCUT2D eigenvalue weighted by atomic mass is 16.5. The lowest BCUT2D eigenvalue weighted by molar-refractivity contribution is -0.148. The SMILES string of the molecule is CCCC(C)(Cc1cccnc1OC)C(=O)O. The number of carboxylic acid groups (broad SMARTS) is 1. The number of hydrogen-bond acceptors (Lipinski definition) is 3. The number of hydrogen-bond donors (Lipinski definition) is 1. The standard InChI is InChI=1S/C13H19NO3/c1-4-7-13(2,12(15)16)9-10-6-5-8-14-11(10)17-3/h5-6,8H,4,7,9H2,1-3H3,(H,15,16). The fourth-order valence-electron chi connectivity index (χ4n) is 1.99. The van der Waals surface area contributed by atoms with Crippen molar-refractivity contribution in [1.29, 1.82) is 0 Å². The molecule has 0 spiro atoms. The minimum absolute atomic E-state index is 0.438. The topological polar surface area (TPSA) is 59.4 Å². The van der Waals surface area contributed by atoms with Gasteiger partial charge >= 0.3 is 5.97 Å². The first kappa shape index (κ1) is 13.5. The van der Waals surface area contributed by atoms with Gasteiger partial charge in [0.1, 0.15) is 0 Å². The molecule has 1 rings (SSSR count). The Balaban J connectivity index is 2.97. The summed E-state index contributed by atoms with van der Waals surface area (Å²) in [6, 6.07) is 3.66. The smallest absolute Gasteiger partial charge is 0.309 e. The summed E-state index contributed by atoms with van der Waals surface area (Å²) in [5.74, 6) is -0.263. The maximum absolute atomic E-state index is 11.4. The van der Waals surface area contributed by atoms with E-state index in [1.807, 2.05) is 13.0 Å². The molecule has 1 aromatic heterocycles. The van der Waals surface area contributed by atoms with E-state index in [0.717, 1.165) is 12.0 Å². The van der Waals surface area contributed by atoms with Crippen molar-refractivity contribution in [3.8, 4) is 5.88 Å². The van der Waals surface area contributed by atoms with Crippen molar-refractivity contribution in [1.82, 2.24) is 4.98 Å². The fourth-order valence-corrected chi connectivity index (χ4v) is 1.99. The Hall–Kier alpha value is -1.58. The lowest BCUT2D eigenvalue weighted by Gasteiger charge is -2.24. The van der Waals surface area contributed by atoms with Crippen LogP contribution >= 0.6 is 0 Å². The predicted octanol–water partition coefficient (Wildman–Crippen LogP) is 2.52. The quantitative estimate of drug-likeness (QED) is 0.826. The monoisotopic (exact) mass is 237 g/mol. The summed E-state index contributed by atoms with van der Waals surface area (Å²) >= 11 is 0. The molecule has 0 radical (unpaired) electrons. The fraction of sp³-hybridized carbons (Fsp3) is 0.538. The number of rotatable bonds is 6. The Morgan fingerprint density at radius 3 is 2.82 bits per heavy atom. The lowest BCUT2D eigenvalue weighted by Crippen LogP contribution is -2.30. The van der Waals surface area contributed by atoms with Crippen molar-refractivity contribution < 1.29 is 14.6 Å². The first-order valence-corrected chi connectivity index (χ1v) is 5.75. The van der Waals surface area contributed by atoms with Gasteiger partial charge in [-0.25, -0.2) is 4.98 Å². The Labute approximate surface area is 102 Å². The normalized spacial score (nSPS) is 14.1. The molecule has 17 heavy (non-hydrogen) atoms. The number of aliphatic carboxylic acids is 1. The van der Waals surface area contributed by atoms with E-state index >= 15 is 0 Å². The van der Waals surface area contributed by atoms with Gasteiger partial charge in [-0.3, -0.25) is 4.79 Å². The van der Waals surface area contributed by atoms with Crippen molar-refractivity contribution in [2.24, 2.45) is 5.41 Å². The summed E-state index contributed by atoms with van der Waals surface area (Å²) in [6.45, 7) is 3.76. The van der Waals surface area contributed by atoms with Crippen LogP contribution in [0.1, 0.15) is 32.3 Å². The Morgan fingerprint density at radius 1 is 1.59 bits per heavy atom. The Kier molecular flexibility index (Phi) is 4.49. The number of pyridine rings is 1. The van der Waals surface area contributed by atoms with Crippen molar-refractivity contribution >= 4 is 5.97 Å². The first-order valence-electron chi connectivity index (χ1n) is 5.75. The highest BCUT2D eigenvalue weighted by Gasteiger charge is 2.33. The molecule has 0 bridgehead atoms. The molecule has 1 N–H and O–H groups in total. The van der Waals surface area contributed by atoms with Crippen LogP contribution < -0.4 is 4.74 Å². The molecular weight excluding hydrogens is 218 g/mol. The summed E-state index contributed by atoms with van der Waals surface area (Å²) in [7, 11) is 1.55. The van der Waals surface area contributed by atoms with Crippen molar-refractivity contribution in [2.45, 2.75) is 33.1 Å². The van der Waals surface area contributed by atoms with E-state index in [9.17, 15) is 9.90 Å². The number of ether oxygens (including phenoxy) is 1. The van der Waals surface area contributed by atoms with E-state index in [0.29, 0.717) is 18.7 Å². The van der Waals surface area contributed by atoms with Crippen LogP contribution in [0.3, 0.4) is 0 Å². The average Bonchev–Trinajstić information content (AvgIpc) is 2.30. The third-order valence-corrected chi connectivity index (χ3v) is 2.94. The van der Waals surface area contributed by atoms with E-state index in [1.165, 1.54) is 0 Å². The molecule has 0 saturated carbocycles. The van der Waals surface area contributed by atoms with Gasteiger partial charge in [0.25, 0.3) is 0 Å². The zero-order valence-corrected chi connectivity index (χ0v) is 10.6. The third kappa shape index (κ3) is 3.19. The van der Waals surface area contributed by atoms with Gasteiger partial charge in [0.15, 0.2) is 0 Å². The van der Waals surface area contributed by atoms with E-state index in [4.69, 9.17) is 4.74 Å². The zero-order valence-electron chi connectivity index (χ0n) is 10.6. The average molecular weight is 237 g/mol. The van der Waals surface area contributed by atoms with E-state index in [2.05, 4.69) is 4.98 Å². The summed E-state index contributed by atoms with van der Waals surface area (Å²) in [4.78, 5) is 15.4. The van der Waals surface area contributed by atoms with E-state index < -0.39 is 11.4 Å². The molecule has 1 heterocycles. The van der Waals surface area contributed by atoms with Gasteiger partial charge in [-0.2, -0.15) is 0 Å². The number of carboxylic acids is 1. The molecule has 94 valence electrons. The molecular formula is C13H19NO3. The van der Waals surface area contributed by atoms with Crippen LogP contribution in [0.25, 0.3) is 0 Å². The highest BCUT2D eigenvalue weighted by Crippen LogP contribution is 2.31. The second kappa shape index (κ2) is 5.66. The largest absolute Gasteiger partial charge is 0.481 e. The molecule has 0 aliphatic rings. The molecule has 0 aliphatic heterocycles. The second-order valence-electron chi connectivity index (χ2n) is 4.46. The molecule has 0 aromatic carbocycles. The van der Waals surface area contributed by atoms with Crippen LogP contribution in [0.2, 0.25) is 0 Å². The van der Waals surface area contributed by atoms with Crippen LogP contribution in [0.15, 0.2) is 18.3 Å². The molecule has 0 saturated heterocycles. The van der Waals surface area contributed by atoms with Crippen LogP contribution in [0.5, 0.6) is 5.88 Å². The predicted molar refractivity (Wildman–Crippen MR) is 65.1 cm³/mol. The van der Waals surface area contributed by atoms with Crippen LogP contribution in [0.4, 0.5) is 0 Å². The zero-order chi connectivity index (χ0) is 12.9. The van der Waals surface area contributed by atoms with Gasteiger partial charge in [0, 0.05) is 11.8 Å². The number of carbonyl (C=O) groups is 1. The molecule has 0 fully saturated rings. The summed E-state index contributed by atoms with van der Waals surface area (Å²) in [6.07, 6.45) is 3.55. The molecule has 0 aliphatic carbocycles. The molecule has 1 unspecified atom stereocenters. The molecule has 1 atom stereocenters. The van der Waals surface area contributed by atoms with Gasteiger partial charge in [-0.1, -0.05) is 19.4 Å². The second-order valence-corrected chi connectivity index (χ2v) is 4.46. The van der Waals surface area contributed by atoms with Gasteiger partial charge in [0.05, 0.1) is 12.5 Å². The first-order chi connectivity index (χ1) is 8.03. The lowest BCUT2D eigenvalue weighted by atomic mass is 9.80. The number of aromatic nitrogens is 1. The molecule has 1 aromatic rings. The summed E-state index contributed by atoms with van der Waals surface area (Å²) in [5.41, 5.74) is 0.0822. The minimum Gasteiger partial charge on any atom is -0.481 e. The van der Waals surface area contributed by atoms with Crippen LogP contribution in [0, 0.1) is 5.41 Å². The van der Waals surface area contributed by atoms with Crippen LogP contribution in [-0.4, -0.2) is 23.2 Å². The minimum atomic E-state index is -0.773. The molecule has 4 nitrogen and oxygen atoms in total. The van der Waals surface area contributed by atoms with E-state index in [1.54, 1.807) is 26.3 Å². The number of nitrogens with zero attached hydrogens (tertiary/aromatic N) is 1.